The number of hydrogen-bond acceptors (Lipinski definition) is 6. The molecule has 262 valence electrons. The number of anilines is 5. The Hall–Kier alpha value is -7.57. The Labute approximate surface area is 316 Å². The Morgan fingerprint density at radius 2 is 1.27 bits per heavy atom. The van der Waals surface area contributed by atoms with Gasteiger partial charge in [-0.1, -0.05) is 98.1 Å². The zero-order valence-electron chi connectivity index (χ0n) is 29.6. The van der Waals surface area contributed by atoms with Crippen LogP contribution in [0.2, 0.25) is 0 Å². The third kappa shape index (κ3) is 5.15. The minimum Gasteiger partial charge on any atom is -0.455 e. The van der Waals surface area contributed by atoms with Crippen molar-refractivity contribution in [2.24, 2.45) is 0 Å². The van der Waals surface area contributed by atoms with Gasteiger partial charge in [0.25, 0.3) is 0 Å². The highest BCUT2D eigenvalue weighted by Crippen LogP contribution is 2.52. The zero-order valence-corrected chi connectivity index (χ0v) is 29.6. The molecule has 0 spiro atoms. The molecule has 7 aromatic carbocycles. The molecule has 0 fully saturated rings. The Morgan fingerprint density at radius 1 is 0.600 bits per heavy atom. The number of fused-ring (bicyclic) bond motifs is 7. The fourth-order valence-electron chi connectivity index (χ4n) is 7.69. The molecule has 1 aliphatic rings. The van der Waals surface area contributed by atoms with Gasteiger partial charge in [0.2, 0.25) is 5.43 Å². The number of hydrogen-bond donors (Lipinski definition) is 0. The van der Waals surface area contributed by atoms with E-state index in [2.05, 4.69) is 89.7 Å². The molecule has 9 aromatic rings. The van der Waals surface area contributed by atoms with Crippen LogP contribution in [0.1, 0.15) is 0 Å². The molecule has 0 saturated carbocycles. The quantitative estimate of drug-likeness (QED) is 0.121. The summed E-state index contributed by atoms with van der Waals surface area (Å²) in [6, 6.07) is 49.9. The summed E-state index contributed by atoms with van der Waals surface area (Å²) in [7, 11) is 0. The molecule has 0 bridgehead atoms. The maximum absolute atomic E-state index is 13.4. The summed E-state index contributed by atoms with van der Waals surface area (Å²) in [5.74, 6) is 1.42. The second-order valence-corrected chi connectivity index (χ2v) is 13.3. The highest BCUT2D eigenvalue weighted by Gasteiger charge is 2.28. The van der Waals surface area contributed by atoms with E-state index >= 15 is 0 Å². The third-order valence-corrected chi connectivity index (χ3v) is 10.2. The van der Waals surface area contributed by atoms with Crippen molar-refractivity contribution in [1.82, 2.24) is 0 Å². The fourth-order valence-corrected chi connectivity index (χ4v) is 7.69. The van der Waals surface area contributed by atoms with Crippen LogP contribution in [0.4, 0.5) is 28.4 Å². The molecular weight excluding hydrogens is 681 g/mol. The molecule has 0 unspecified atom stereocenters. The number of ether oxygens (including phenoxy) is 1. The van der Waals surface area contributed by atoms with Gasteiger partial charge in [0, 0.05) is 33.8 Å². The average Bonchev–Trinajstić information content (AvgIpc) is 3.62. The van der Waals surface area contributed by atoms with Crippen molar-refractivity contribution in [1.29, 1.82) is 0 Å². The summed E-state index contributed by atoms with van der Waals surface area (Å²) >= 11 is 0. The van der Waals surface area contributed by atoms with Gasteiger partial charge in [-0.15, -0.1) is 0 Å². The number of benzene rings is 7. The SMILES string of the molecule is C=C/C=C(\C=C)N(c1ccc2c(c1)Oc1ccccc1N2c1ccc(-c2cccc3c(=O)c4ccccc4oc23)cc1)c1cccc2c1oc1ccccc12. The lowest BCUT2D eigenvalue weighted by molar-refractivity contribution is 0.477. The molecule has 10 rings (SSSR count). The first kappa shape index (κ1) is 32.1. The van der Waals surface area contributed by atoms with Gasteiger partial charge in [-0.3, -0.25) is 4.79 Å². The highest BCUT2D eigenvalue weighted by molar-refractivity contribution is 6.10. The van der Waals surface area contributed by atoms with Crippen molar-refractivity contribution in [3.05, 3.63) is 199 Å². The van der Waals surface area contributed by atoms with E-state index in [0.29, 0.717) is 27.7 Å². The van der Waals surface area contributed by atoms with Gasteiger partial charge in [-0.05, 0) is 84.4 Å². The summed E-state index contributed by atoms with van der Waals surface area (Å²) < 4.78 is 19.5. The summed E-state index contributed by atoms with van der Waals surface area (Å²) in [6.07, 6.45) is 5.51. The molecule has 55 heavy (non-hydrogen) atoms. The lowest BCUT2D eigenvalue weighted by Gasteiger charge is -2.34. The molecule has 6 heteroatoms. The maximum atomic E-state index is 13.4. The first-order valence-electron chi connectivity index (χ1n) is 18.0. The predicted octanol–water partition coefficient (Wildman–Crippen LogP) is 13.5. The average molecular weight is 713 g/mol. The first-order chi connectivity index (χ1) is 27.1. The van der Waals surface area contributed by atoms with Gasteiger partial charge < -0.3 is 23.4 Å². The molecule has 0 saturated heterocycles. The zero-order chi connectivity index (χ0) is 37.0. The van der Waals surface area contributed by atoms with Crippen LogP contribution in [0.25, 0.3) is 55.0 Å². The van der Waals surface area contributed by atoms with E-state index in [4.69, 9.17) is 13.6 Å². The van der Waals surface area contributed by atoms with Crippen molar-refractivity contribution < 1.29 is 13.6 Å². The van der Waals surface area contributed by atoms with E-state index in [1.54, 1.807) is 12.1 Å². The molecule has 0 aliphatic carbocycles. The summed E-state index contributed by atoms with van der Waals surface area (Å²) in [4.78, 5) is 17.7. The lowest BCUT2D eigenvalue weighted by atomic mass is 10.0. The van der Waals surface area contributed by atoms with E-state index in [1.807, 2.05) is 91.0 Å². The molecule has 6 nitrogen and oxygen atoms in total. The van der Waals surface area contributed by atoms with E-state index in [9.17, 15) is 4.79 Å². The fraction of sp³-hybridized carbons (Fsp3) is 0. The van der Waals surface area contributed by atoms with E-state index in [0.717, 1.165) is 72.9 Å². The van der Waals surface area contributed by atoms with Crippen LogP contribution in [-0.2, 0) is 0 Å². The Bertz CT molecular complexity index is 3100. The third-order valence-electron chi connectivity index (χ3n) is 10.2. The molecule has 0 N–H and O–H groups in total. The molecule has 0 atom stereocenters. The molecule has 1 aliphatic heterocycles. The number of allylic oxidation sites excluding steroid dienone is 3. The number of rotatable bonds is 7. The summed E-state index contributed by atoms with van der Waals surface area (Å²) in [6.45, 7) is 8.14. The van der Waals surface area contributed by atoms with Gasteiger partial charge >= 0.3 is 0 Å². The number of furan rings is 1. The maximum Gasteiger partial charge on any atom is 0.200 e. The standard InChI is InChI=1S/C49H32N2O4/c1-3-13-32(4-2)50(42-20-12-17-37-36-14-5-8-21-43(36)55-49(37)42)34-28-29-41-46(30-34)53-45-23-10-7-19-40(45)51(41)33-26-24-31(25-27-33)35-16-11-18-39-47(52)38-15-6-9-22-44(38)54-48(35)39/h3-30H,1-2H2/b32-13+. The van der Waals surface area contributed by atoms with Crippen molar-refractivity contribution >= 4 is 72.3 Å². The Morgan fingerprint density at radius 3 is 2.09 bits per heavy atom. The largest absolute Gasteiger partial charge is 0.455 e. The van der Waals surface area contributed by atoms with Gasteiger partial charge in [0.15, 0.2) is 17.1 Å². The molecular formula is C49H32N2O4. The number of para-hydroxylation sites is 6. The normalized spacial score (nSPS) is 12.4. The van der Waals surface area contributed by atoms with Crippen LogP contribution >= 0.6 is 0 Å². The van der Waals surface area contributed by atoms with E-state index in [-0.39, 0.29) is 5.43 Å². The second kappa shape index (κ2) is 12.8. The Balaban J connectivity index is 1.09. The second-order valence-electron chi connectivity index (χ2n) is 13.3. The summed E-state index contributed by atoms with van der Waals surface area (Å²) in [5, 5.41) is 3.21. The van der Waals surface area contributed by atoms with Crippen LogP contribution in [0.5, 0.6) is 11.5 Å². The van der Waals surface area contributed by atoms with Crippen molar-refractivity contribution in [2.45, 2.75) is 0 Å². The molecule has 3 heterocycles. The number of nitrogens with zero attached hydrogens (tertiary/aromatic N) is 2. The van der Waals surface area contributed by atoms with Gasteiger partial charge in [0.1, 0.15) is 16.7 Å². The van der Waals surface area contributed by atoms with Crippen LogP contribution in [-0.4, -0.2) is 0 Å². The highest BCUT2D eigenvalue weighted by atomic mass is 16.5. The molecule has 0 radical (unpaired) electrons. The summed E-state index contributed by atoms with van der Waals surface area (Å²) in [5.41, 5.74) is 9.77. The lowest BCUT2D eigenvalue weighted by Crippen LogP contribution is -2.18. The Kier molecular flexibility index (Phi) is 7.49. The topological polar surface area (TPSA) is 59.1 Å². The minimum atomic E-state index is -0.0377. The molecule has 2 aromatic heterocycles. The van der Waals surface area contributed by atoms with Crippen LogP contribution in [0.3, 0.4) is 0 Å². The smallest absolute Gasteiger partial charge is 0.200 e. The monoisotopic (exact) mass is 712 g/mol. The van der Waals surface area contributed by atoms with Crippen molar-refractivity contribution in [3.63, 3.8) is 0 Å². The first-order valence-corrected chi connectivity index (χ1v) is 18.0. The van der Waals surface area contributed by atoms with Gasteiger partial charge in [-0.2, -0.15) is 0 Å². The van der Waals surface area contributed by atoms with Crippen LogP contribution in [0, 0.1) is 0 Å². The van der Waals surface area contributed by atoms with Gasteiger partial charge in [-0.25, -0.2) is 0 Å². The van der Waals surface area contributed by atoms with E-state index in [1.165, 1.54) is 0 Å². The predicted molar refractivity (Wildman–Crippen MR) is 225 cm³/mol. The van der Waals surface area contributed by atoms with Gasteiger partial charge in [0.05, 0.1) is 33.5 Å². The van der Waals surface area contributed by atoms with Crippen LogP contribution < -0.4 is 20.0 Å². The minimum absolute atomic E-state index is 0.0377. The van der Waals surface area contributed by atoms with Crippen LogP contribution in [0.15, 0.2) is 202 Å². The molecule has 0 amide bonds. The van der Waals surface area contributed by atoms with Crippen molar-refractivity contribution in [2.75, 3.05) is 9.80 Å². The van der Waals surface area contributed by atoms with Crippen molar-refractivity contribution in [3.8, 4) is 22.6 Å². The van der Waals surface area contributed by atoms with E-state index < -0.39 is 0 Å².